The van der Waals surface area contributed by atoms with E-state index in [1.165, 1.54) is 4.57 Å². The van der Waals surface area contributed by atoms with Crippen molar-refractivity contribution in [2.45, 2.75) is 13.5 Å². The maximum Gasteiger partial charge on any atom is 0.258 e. The minimum atomic E-state index is -0.0402. The molecule has 1 aromatic carbocycles. The monoisotopic (exact) mass is 203 g/mol. The van der Waals surface area contributed by atoms with E-state index < -0.39 is 0 Å². The van der Waals surface area contributed by atoms with Crippen molar-refractivity contribution < 1.29 is 5.11 Å². The first kappa shape index (κ1) is 9.93. The van der Waals surface area contributed by atoms with Crippen LogP contribution in [0.25, 0.3) is 10.8 Å². The topological polar surface area (TPSA) is 42.2 Å². The second-order valence-corrected chi connectivity index (χ2v) is 3.63. The van der Waals surface area contributed by atoms with E-state index in [1.54, 1.807) is 6.20 Å². The Labute approximate surface area is 87.6 Å². The van der Waals surface area contributed by atoms with Gasteiger partial charge in [-0.2, -0.15) is 0 Å². The molecule has 0 radical (unpaired) electrons. The van der Waals surface area contributed by atoms with Gasteiger partial charge in [0.05, 0.1) is 6.61 Å². The van der Waals surface area contributed by atoms with E-state index in [4.69, 9.17) is 5.11 Å². The van der Waals surface area contributed by atoms with Crippen LogP contribution in [0.1, 0.15) is 5.56 Å². The summed E-state index contributed by atoms with van der Waals surface area (Å²) in [5, 5.41) is 10.5. The third kappa shape index (κ3) is 1.78. The molecule has 0 amide bonds. The Morgan fingerprint density at radius 3 is 2.87 bits per heavy atom. The van der Waals surface area contributed by atoms with Crippen LogP contribution in [0.4, 0.5) is 0 Å². The number of aliphatic hydroxyl groups excluding tert-OH is 1. The highest BCUT2D eigenvalue weighted by Gasteiger charge is 2.01. The average molecular weight is 203 g/mol. The zero-order valence-electron chi connectivity index (χ0n) is 8.60. The average Bonchev–Trinajstić information content (AvgIpc) is 2.22. The van der Waals surface area contributed by atoms with Crippen molar-refractivity contribution >= 4 is 10.8 Å². The smallest absolute Gasteiger partial charge is 0.258 e. The Morgan fingerprint density at radius 1 is 1.33 bits per heavy atom. The standard InChI is InChI=1S/C12H13NO2/c1-9-2-3-11-10(8-9)4-5-13(6-7-14)12(11)15/h2-5,8,14H,6-7H2,1H3. The Bertz CT molecular complexity index is 543. The van der Waals surface area contributed by atoms with Gasteiger partial charge in [0, 0.05) is 18.1 Å². The van der Waals surface area contributed by atoms with Gasteiger partial charge >= 0.3 is 0 Å². The van der Waals surface area contributed by atoms with E-state index in [9.17, 15) is 4.79 Å². The summed E-state index contributed by atoms with van der Waals surface area (Å²) >= 11 is 0. The van der Waals surface area contributed by atoms with Gasteiger partial charge in [-0.15, -0.1) is 0 Å². The van der Waals surface area contributed by atoms with Gasteiger partial charge < -0.3 is 9.67 Å². The van der Waals surface area contributed by atoms with Gasteiger partial charge in [-0.3, -0.25) is 4.79 Å². The fourth-order valence-electron chi connectivity index (χ4n) is 1.69. The number of hydrogen-bond donors (Lipinski definition) is 1. The summed E-state index contributed by atoms with van der Waals surface area (Å²) in [6.07, 6.45) is 1.72. The Kier molecular flexibility index (Phi) is 2.56. The van der Waals surface area contributed by atoms with Crippen LogP contribution in [0.15, 0.2) is 35.3 Å². The summed E-state index contributed by atoms with van der Waals surface area (Å²) in [6, 6.07) is 7.65. The van der Waals surface area contributed by atoms with Gasteiger partial charge in [0.1, 0.15) is 0 Å². The van der Waals surface area contributed by atoms with Gasteiger partial charge in [0.15, 0.2) is 0 Å². The molecule has 0 fully saturated rings. The van der Waals surface area contributed by atoms with E-state index in [0.717, 1.165) is 10.9 Å². The normalized spacial score (nSPS) is 10.8. The summed E-state index contributed by atoms with van der Waals surface area (Å²) in [5.74, 6) is 0. The van der Waals surface area contributed by atoms with Crippen LogP contribution in [0.2, 0.25) is 0 Å². The second-order valence-electron chi connectivity index (χ2n) is 3.63. The van der Waals surface area contributed by atoms with Crippen molar-refractivity contribution in [1.82, 2.24) is 4.57 Å². The van der Waals surface area contributed by atoms with E-state index in [2.05, 4.69) is 0 Å². The molecule has 3 nitrogen and oxygen atoms in total. The fourth-order valence-corrected chi connectivity index (χ4v) is 1.69. The van der Waals surface area contributed by atoms with Gasteiger partial charge in [-0.1, -0.05) is 17.7 Å². The van der Waals surface area contributed by atoms with Crippen LogP contribution in [0.3, 0.4) is 0 Å². The van der Waals surface area contributed by atoms with Crippen LogP contribution in [-0.2, 0) is 6.54 Å². The number of fused-ring (bicyclic) bond motifs is 1. The molecule has 1 N–H and O–H groups in total. The Morgan fingerprint density at radius 2 is 2.13 bits per heavy atom. The third-order valence-corrected chi connectivity index (χ3v) is 2.47. The first-order chi connectivity index (χ1) is 7.22. The minimum absolute atomic E-state index is 0.0166. The number of hydrogen-bond acceptors (Lipinski definition) is 2. The molecule has 3 heteroatoms. The van der Waals surface area contributed by atoms with Crippen molar-refractivity contribution in [3.8, 4) is 0 Å². The number of pyridine rings is 1. The summed E-state index contributed by atoms with van der Waals surface area (Å²) < 4.78 is 1.53. The van der Waals surface area contributed by atoms with E-state index >= 15 is 0 Å². The number of benzene rings is 1. The van der Waals surface area contributed by atoms with Crippen LogP contribution in [-0.4, -0.2) is 16.3 Å². The lowest BCUT2D eigenvalue weighted by atomic mass is 10.1. The first-order valence-electron chi connectivity index (χ1n) is 4.93. The predicted molar refractivity (Wildman–Crippen MR) is 60.0 cm³/mol. The quantitative estimate of drug-likeness (QED) is 0.799. The van der Waals surface area contributed by atoms with Gasteiger partial charge in [-0.25, -0.2) is 0 Å². The number of aryl methyl sites for hydroxylation is 1. The minimum Gasteiger partial charge on any atom is -0.395 e. The molecular formula is C12H13NO2. The van der Waals surface area contributed by atoms with Crippen molar-refractivity contribution in [2.24, 2.45) is 0 Å². The molecule has 0 saturated heterocycles. The molecular weight excluding hydrogens is 190 g/mol. The van der Waals surface area contributed by atoms with E-state index in [0.29, 0.717) is 11.9 Å². The molecule has 0 aliphatic heterocycles. The molecule has 78 valence electrons. The van der Waals surface area contributed by atoms with Crippen LogP contribution in [0.5, 0.6) is 0 Å². The number of nitrogens with zero attached hydrogens (tertiary/aromatic N) is 1. The molecule has 0 aliphatic carbocycles. The number of rotatable bonds is 2. The van der Waals surface area contributed by atoms with Gasteiger partial charge in [0.25, 0.3) is 5.56 Å². The second kappa shape index (κ2) is 3.87. The van der Waals surface area contributed by atoms with Crippen LogP contribution < -0.4 is 5.56 Å². The summed E-state index contributed by atoms with van der Waals surface area (Å²) in [6.45, 7) is 2.33. The van der Waals surface area contributed by atoms with Gasteiger partial charge in [0.2, 0.25) is 0 Å². The molecule has 0 atom stereocenters. The highest BCUT2D eigenvalue weighted by atomic mass is 16.3. The summed E-state index contributed by atoms with van der Waals surface area (Å²) in [4.78, 5) is 11.9. The van der Waals surface area contributed by atoms with Crippen molar-refractivity contribution in [1.29, 1.82) is 0 Å². The lowest BCUT2D eigenvalue weighted by Gasteiger charge is -2.05. The van der Waals surface area contributed by atoms with E-state index in [-0.39, 0.29) is 12.2 Å². The molecule has 0 aliphatic rings. The third-order valence-electron chi connectivity index (χ3n) is 2.47. The molecule has 1 aromatic heterocycles. The molecule has 0 unspecified atom stereocenters. The van der Waals surface area contributed by atoms with Crippen LogP contribution in [0, 0.1) is 6.92 Å². The number of aliphatic hydroxyl groups is 1. The van der Waals surface area contributed by atoms with Crippen molar-refractivity contribution in [2.75, 3.05) is 6.61 Å². The largest absolute Gasteiger partial charge is 0.395 e. The zero-order valence-corrected chi connectivity index (χ0v) is 8.60. The highest BCUT2D eigenvalue weighted by molar-refractivity contribution is 5.81. The maximum atomic E-state index is 11.9. The van der Waals surface area contributed by atoms with Crippen LogP contribution >= 0.6 is 0 Å². The molecule has 1 heterocycles. The highest BCUT2D eigenvalue weighted by Crippen LogP contribution is 2.11. The van der Waals surface area contributed by atoms with Crippen molar-refractivity contribution in [3.05, 3.63) is 46.4 Å². The molecule has 0 saturated carbocycles. The Hall–Kier alpha value is -1.61. The van der Waals surface area contributed by atoms with E-state index in [1.807, 2.05) is 31.2 Å². The number of aromatic nitrogens is 1. The van der Waals surface area contributed by atoms with Crippen molar-refractivity contribution in [3.63, 3.8) is 0 Å². The lowest BCUT2D eigenvalue weighted by Crippen LogP contribution is -2.20. The molecule has 15 heavy (non-hydrogen) atoms. The van der Waals surface area contributed by atoms with Gasteiger partial charge in [-0.05, 0) is 24.4 Å². The Balaban J connectivity index is 2.69. The molecule has 0 spiro atoms. The summed E-state index contributed by atoms with van der Waals surface area (Å²) in [5.41, 5.74) is 1.10. The molecule has 2 aromatic rings. The summed E-state index contributed by atoms with van der Waals surface area (Å²) in [7, 11) is 0. The predicted octanol–water partition coefficient (Wildman–Crippen LogP) is 1.30. The maximum absolute atomic E-state index is 11.9. The SMILES string of the molecule is Cc1ccc2c(=O)n(CCO)ccc2c1. The lowest BCUT2D eigenvalue weighted by molar-refractivity contribution is 0.274. The fraction of sp³-hybridized carbons (Fsp3) is 0.250. The zero-order chi connectivity index (χ0) is 10.8. The molecule has 0 bridgehead atoms. The first-order valence-corrected chi connectivity index (χ1v) is 4.93. The molecule has 2 rings (SSSR count).